The number of rotatable bonds is 4. The second-order valence-electron chi connectivity index (χ2n) is 5.35. The van der Waals surface area contributed by atoms with E-state index < -0.39 is 0 Å². The minimum Gasteiger partial charge on any atom is -0.353 e. The van der Waals surface area contributed by atoms with Crippen LogP contribution in [0, 0.1) is 5.92 Å². The summed E-state index contributed by atoms with van der Waals surface area (Å²) in [7, 11) is 0. The zero-order valence-corrected chi connectivity index (χ0v) is 12.7. The van der Waals surface area contributed by atoms with Crippen LogP contribution in [0.4, 0.5) is 0 Å². The summed E-state index contributed by atoms with van der Waals surface area (Å²) in [5.74, 6) is 0.834. The third kappa shape index (κ3) is 4.98. The van der Waals surface area contributed by atoms with Crippen LogP contribution < -0.4 is 10.6 Å². The minimum absolute atomic E-state index is 0. The Bertz CT molecular complexity index is 259. The van der Waals surface area contributed by atoms with Crippen molar-refractivity contribution in [1.29, 1.82) is 0 Å². The Morgan fingerprint density at radius 1 is 1.39 bits per heavy atom. The fraction of sp³-hybridized carbons (Fsp3) is 0.923. The van der Waals surface area contributed by atoms with Gasteiger partial charge < -0.3 is 10.6 Å². The van der Waals surface area contributed by atoms with Gasteiger partial charge in [-0.15, -0.1) is 12.4 Å². The molecule has 1 saturated heterocycles. The van der Waals surface area contributed by atoms with Gasteiger partial charge >= 0.3 is 0 Å². The van der Waals surface area contributed by atoms with Crippen LogP contribution in [0.15, 0.2) is 0 Å². The molecule has 1 aliphatic carbocycles. The van der Waals surface area contributed by atoms with Crippen LogP contribution in [0.5, 0.6) is 0 Å². The van der Waals surface area contributed by atoms with Crippen LogP contribution in [0.25, 0.3) is 0 Å². The smallest absolute Gasteiger partial charge is 0.220 e. The standard InChI is InChI=1S/C13H24N2OS.ClH/c1-17-12-4-2-3-11(8-12)15-13(16)7-10-5-6-14-9-10;/h10-12,14H,2-9H2,1H3,(H,15,16);1H. The van der Waals surface area contributed by atoms with Gasteiger partial charge in [0, 0.05) is 17.7 Å². The molecule has 0 aromatic heterocycles. The zero-order valence-electron chi connectivity index (χ0n) is 11.1. The molecule has 0 spiro atoms. The maximum Gasteiger partial charge on any atom is 0.220 e. The van der Waals surface area contributed by atoms with E-state index in [1.165, 1.54) is 19.3 Å². The monoisotopic (exact) mass is 292 g/mol. The van der Waals surface area contributed by atoms with Crippen LogP contribution in [-0.2, 0) is 4.79 Å². The highest BCUT2D eigenvalue weighted by molar-refractivity contribution is 7.99. The molecule has 1 amide bonds. The second kappa shape index (κ2) is 8.28. The first kappa shape index (κ1) is 16.1. The Morgan fingerprint density at radius 3 is 2.89 bits per heavy atom. The summed E-state index contributed by atoms with van der Waals surface area (Å²) >= 11 is 1.95. The minimum atomic E-state index is 0. The molecule has 2 fully saturated rings. The van der Waals surface area contributed by atoms with Gasteiger partial charge in [0.15, 0.2) is 0 Å². The number of nitrogens with one attached hydrogen (secondary N) is 2. The lowest BCUT2D eigenvalue weighted by Gasteiger charge is -2.29. The summed E-state index contributed by atoms with van der Waals surface area (Å²) in [5, 5.41) is 7.30. The fourth-order valence-electron chi connectivity index (χ4n) is 2.93. The van der Waals surface area contributed by atoms with Crippen molar-refractivity contribution in [3.05, 3.63) is 0 Å². The largest absolute Gasteiger partial charge is 0.353 e. The average molecular weight is 293 g/mol. The fourth-order valence-corrected chi connectivity index (χ4v) is 3.75. The highest BCUT2D eigenvalue weighted by Crippen LogP contribution is 2.27. The molecular weight excluding hydrogens is 268 g/mol. The molecule has 0 bridgehead atoms. The first-order valence-electron chi connectivity index (χ1n) is 6.81. The number of halogens is 1. The molecule has 1 saturated carbocycles. The SMILES string of the molecule is CSC1CCCC(NC(=O)CC2CCNC2)C1.Cl. The van der Waals surface area contributed by atoms with E-state index in [0.717, 1.165) is 31.2 Å². The summed E-state index contributed by atoms with van der Waals surface area (Å²) in [5.41, 5.74) is 0. The summed E-state index contributed by atoms with van der Waals surface area (Å²) in [6.45, 7) is 2.10. The molecule has 2 rings (SSSR count). The molecule has 0 aromatic rings. The maximum absolute atomic E-state index is 11.9. The molecule has 2 N–H and O–H groups in total. The van der Waals surface area contributed by atoms with Crippen molar-refractivity contribution in [2.45, 2.75) is 49.8 Å². The number of amides is 1. The van der Waals surface area contributed by atoms with Crippen molar-refractivity contribution in [2.24, 2.45) is 5.92 Å². The predicted octanol–water partition coefficient (Wildman–Crippen LogP) is 2.20. The normalized spacial score (nSPS) is 31.7. The molecular formula is C13H25ClN2OS. The van der Waals surface area contributed by atoms with E-state index >= 15 is 0 Å². The van der Waals surface area contributed by atoms with Crippen LogP contribution >= 0.6 is 24.2 Å². The molecule has 18 heavy (non-hydrogen) atoms. The van der Waals surface area contributed by atoms with E-state index in [1.807, 2.05) is 11.8 Å². The first-order chi connectivity index (χ1) is 8.28. The Labute approximate surface area is 121 Å². The van der Waals surface area contributed by atoms with Gasteiger partial charge in [0.1, 0.15) is 0 Å². The van der Waals surface area contributed by atoms with Gasteiger partial charge in [0.05, 0.1) is 0 Å². The van der Waals surface area contributed by atoms with Crippen molar-refractivity contribution in [2.75, 3.05) is 19.3 Å². The molecule has 106 valence electrons. The Balaban J connectivity index is 0.00000162. The highest BCUT2D eigenvalue weighted by Gasteiger charge is 2.24. The second-order valence-corrected chi connectivity index (χ2v) is 6.49. The Morgan fingerprint density at radius 2 is 2.22 bits per heavy atom. The third-order valence-electron chi connectivity index (χ3n) is 3.96. The number of thioether (sulfide) groups is 1. The van der Waals surface area contributed by atoms with Crippen molar-refractivity contribution in [3.63, 3.8) is 0 Å². The van der Waals surface area contributed by atoms with Gasteiger partial charge in [-0.2, -0.15) is 11.8 Å². The van der Waals surface area contributed by atoms with Gasteiger partial charge in [-0.05, 0) is 50.9 Å². The Hall–Kier alpha value is 0.0700. The van der Waals surface area contributed by atoms with E-state index in [1.54, 1.807) is 0 Å². The summed E-state index contributed by atoms with van der Waals surface area (Å²) in [6, 6.07) is 0.433. The summed E-state index contributed by atoms with van der Waals surface area (Å²) in [6.07, 6.45) is 8.97. The molecule has 3 nitrogen and oxygen atoms in total. The van der Waals surface area contributed by atoms with Crippen molar-refractivity contribution in [3.8, 4) is 0 Å². The number of carbonyl (C=O) groups excluding carboxylic acids is 1. The zero-order chi connectivity index (χ0) is 12.1. The number of hydrogen-bond donors (Lipinski definition) is 2. The summed E-state index contributed by atoms with van der Waals surface area (Å²) < 4.78 is 0. The van der Waals surface area contributed by atoms with E-state index in [9.17, 15) is 4.79 Å². The topological polar surface area (TPSA) is 41.1 Å². The quantitative estimate of drug-likeness (QED) is 0.835. The molecule has 2 aliphatic rings. The molecule has 0 radical (unpaired) electrons. The number of hydrogen-bond acceptors (Lipinski definition) is 3. The van der Waals surface area contributed by atoms with Gasteiger partial charge in [0.25, 0.3) is 0 Å². The van der Waals surface area contributed by atoms with Crippen molar-refractivity contribution < 1.29 is 4.79 Å². The van der Waals surface area contributed by atoms with Gasteiger partial charge in [-0.3, -0.25) is 4.79 Å². The molecule has 3 atom stereocenters. The van der Waals surface area contributed by atoms with Crippen LogP contribution in [-0.4, -0.2) is 36.5 Å². The molecule has 1 heterocycles. The number of carbonyl (C=O) groups is 1. The van der Waals surface area contributed by atoms with Gasteiger partial charge in [-0.25, -0.2) is 0 Å². The van der Waals surface area contributed by atoms with E-state index in [2.05, 4.69) is 16.9 Å². The first-order valence-corrected chi connectivity index (χ1v) is 8.09. The molecule has 5 heteroatoms. The lowest BCUT2D eigenvalue weighted by Crippen LogP contribution is -2.39. The van der Waals surface area contributed by atoms with Gasteiger partial charge in [0.2, 0.25) is 5.91 Å². The van der Waals surface area contributed by atoms with Crippen molar-refractivity contribution >= 4 is 30.1 Å². The van der Waals surface area contributed by atoms with Gasteiger partial charge in [-0.1, -0.05) is 6.42 Å². The van der Waals surface area contributed by atoms with E-state index in [4.69, 9.17) is 0 Å². The van der Waals surface area contributed by atoms with Crippen LogP contribution in [0.1, 0.15) is 38.5 Å². The lowest BCUT2D eigenvalue weighted by molar-refractivity contribution is -0.122. The lowest BCUT2D eigenvalue weighted by atomic mass is 9.94. The average Bonchev–Trinajstić information content (AvgIpc) is 2.82. The van der Waals surface area contributed by atoms with E-state index in [-0.39, 0.29) is 18.3 Å². The van der Waals surface area contributed by atoms with Crippen LogP contribution in [0.3, 0.4) is 0 Å². The predicted molar refractivity (Wildman–Crippen MR) is 80.5 cm³/mol. The maximum atomic E-state index is 11.9. The van der Waals surface area contributed by atoms with E-state index in [0.29, 0.717) is 18.4 Å². The highest BCUT2D eigenvalue weighted by atomic mass is 35.5. The molecule has 3 unspecified atom stereocenters. The summed E-state index contributed by atoms with van der Waals surface area (Å²) in [4.78, 5) is 11.9. The molecule has 0 aromatic carbocycles. The van der Waals surface area contributed by atoms with Crippen molar-refractivity contribution in [1.82, 2.24) is 10.6 Å². The molecule has 1 aliphatic heterocycles. The van der Waals surface area contributed by atoms with Crippen LogP contribution in [0.2, 0.25) is 0 Å². The Kier molecular flexibility index (Phi) is 7.42. The third-order valence-corrected chi connectivity index (χ3v) is 5.06.